The maximum atomic E-state index is 4.73. The summed E-state index contributed by atoms with van der Waals surface area (Å²) in [6.45, 7) is 6.39. The third-order valence-electron chi connectivity index (χ3n) is 3.03. The van der Waals surface area contributed by atoms with E-state index in [1.807, 2.05) is 0 Å². The number of aromatic nitrogens is 2. The van der Waals surface area contributed by atoms with Crippen molar-refractivity contribution < 1.29 is 0 Å². The maximum absolute atomic E-state index is 4.73. The lowest BCUT2D eigenvalue weighted by molar-refractivity contribution is 0.604. The minimum absolute atomic E-state index is 0.922. The Hall–Kier alpha value is -0.960. The first-order chi connectivity index (χ1) is 7.85. The average Bonchev–Trinajstić information content (AvgIpc) is 2.30. The van der Waals surface area contributed by atoms with Gasteiger partial charge in [0.05, 0.1) is 5.69 Å². The minimum atomic E-state index is 0.922. The quantitative estimate of drug-likeness (QED) is 0.842. The summed E-state index contributed by atoms with van der Waals surface area (Å²) in [6, 6.07) is 0. The van der Waals surface area contributed by atoms with Gasteiger partial charge in [-0.25, -0.2) is 9.97 Å². The van der Waals surface area contributed by atoms with E-state index < -0.39 is 0 Å². The number of hydrogen-bond donors (Lipinski definition) is 1. The van der Waals surface area contributed by atoms with E-state index in [0.29, 0.717) is 0 Å². The molecular weight excluding hydrogens is 198 g/mol. The Morgan fingerprint density at radius 3 is 2.69 bits per heavy atom. The van der Waals surface area contributed by atoms with Gasteiger partial charge in [-0.2, -0.15) is 0 Å². The van der Waals surface area contributed by atoms with Crippen LogP contribution in [0.3, 0.4) is 0 Å². The molecule has 0 saturated carbocycles. The number of nitrogens with one attached hydrogen (secondary N) is 1. The highest BCUT2D eigenvalue weighted by atomic mass is 15.0. The first-order valence-electron chi connectivity index (χ1n) is 6.43. The second-order valence-corrected chi connectivity index (χ2v) is 4.44. The van der Waals surface area contributed by atoms with Crippen molar-refractivity contribution in [3.8, 4) is 0 Å². The first kappa shape index (κ1) is 11.5. The molecule has 1 N–H and O–H groups in total. The molecule has 88 valence electrons. The molecular formula is C13H21N3. The van der Waals surface area contributed by atoms with Crippen LogP contribution < -0.4 is 5.32 Å². The maximum Gasteiger partial charge on any atom is 0.128 e. The van der Waals surface area contributed by atoms with Crippen molar-refractivity contribution in [2.24, 2.45) is 0 Å². The van der Waals surface area contributed by atoms with E-state index in [-0.39, 0.29) is 0 Å². The minimum Gasteiger partial charge on any atom is -0.311 e. The Morgan fingerprint density at radius 2 is 1.94 bits per heavy atom. The number of nitrogens with zero attached hydrogens (tertiary/aromatic N) is 2. The van der Waals surface area contributed by atoms with Gasteiger partial charge in [0.1, 0.15) is 5.82 Å². The van der Waals surface area contributed by atoms with Gasteiger partial charge >= 0.3 is 0 Å². The highest BCUT2D eigenvalue weighted by molar-refractivity contribution is 5.28. The van der Waals surface area contributed by atoms with Gasteiger partial charge in [-0.3, -0.25) is 0 Å². The summed E-state index contributed by atoms with van der Waals surface area (Å²) in [6.07, 6.45) is 5.49. The van der Waals surface area contributed by atoms with Crippen LogP contribution in [-0.4, -0.2) is 16.5 Å². The van der Waals surface area contributed by atoms with E-state index in [2.05, 4.69) is 24.1 Å². The van der Waals surface area contributed by atoms with E-state index in [1.165, 1.54) is 23.4 Å². The molecule has 3 heteroatoms. The van der Waals surface area contributed by atoms with Crippen LogP contribution in [-0.2, 0) is 25.8 Å². The Balaban J connectivity index is 2.35. The largest absolute Gasteiger partial charge is 0.311 e. The van der Waals surface area contributed by atoms with Crippen molar-refractivity contribution in [2.45, 2.75) is 52.5 Å². The molecule has 0 amide bonds. The molecule has 0 aliphatic carbocycles. The van der Waals surface area contributed by atoms with Crippen molar-refractivity contribution >= 4 is 0 Å². The van der Waals surface area contributed by atoms with E-state index in [9.17, 15) is 0 Å². The van der Waals surface area contributed by atoms with Crippen LogP contribution in [0.2, 0.25) is 0 Å². The van der Waals surface area contributed by atoms with E-state index in [4.69, 9.17) is 4.98 Å². The van der Waals surface area contributed by atoms with Gasteiger partial charge in [0.25, 0.3) is 0 Å². The summed E-state index contributed by atoms with van der Waals surface area (Å²) in [5.74, 6) is 1.04. The number of rotatable bonds is 4. The lowest BCUT2D eigenvalue weighted by Gasteiger charge is -2.19. The fourth-order valence-corrected chi connectivity index (χ4v) is 2.27. The molecule has 0 aromatic carbocycles. The van der Waals surface area contributed by atoms with Crippen LogP contribution in [0.25, 0.3) is 0 Å². The summed E-state index contributed by atoms with van der Waals surface area (Å²) >= 11 is 0. The lowest BCUT2D eigenvalue weighted by atomic mass is 10.0. The Bertz CT molecular complexity index is 360. The number of fused-ring (bicyclic) bond motifs is 1. The van der Waals surface area contributed by atoms with E-state index in [0.717, 1.165) is 44.6 Å². The zero-order valence-electron chi connectivity index (χ0n) is 10.3. The average molecular weight is 219 g/mol. The van der Waals surface area contributed by atoms with Crippen molar-refractivity contribution in [3.63, 3.8) is 0 Å². The Morgan fingerprint density at radius 1 is 1.12 bits per heavy atom. The second kappa shape index (κ2) is 5.39. The third kappa shape index (κ3) is 2.40. The first-order valence-corrected chi connectivity index (χ1v) is 6.43. The molecule has 0 unspecified atom stereocenters. The van der Waals surface area contributed by atoms with Crippen LogP contribution in [0.4, 0.5) is 0 Å². The molecule has 2 rings (SSSR count). The van der Waals surface area contributed by atoms with Gasteiger partial charge in [-0.15, -0.1) is 0 Å². The zero-order valence-corrected chi connectivity index (χ0v) is 10.3. The topological polar surface area (TPSA) is 37.8 Å². The molecule has 0 spiro atoms. The Labute approximate surface area is 97.7 Å². The Kier molecular flexibility index (Phi) is 3.88. The van der Waals surface area contributed by atoms with E-state index >= 15 is 0 Å². The third-order valence-corrected chi connectivity index (χ3v) is 3.03. The predicted molar refractivity (Wildman–Crippen MR) is 65.4 cm³/mol. The van der Waals surface area contributed by atoms with Crippen LogP contribution in [0.1, 0.15) is 49.5 Å². The van der Waals surface area contributed by atoms with Crippen LogP contribution in [0.15, 0.2) is 0 Å². The van der Waals surface area contributed by atoms with Gasteiger partial charge in [-0.05, 0) is 31.4 Å². The predicted octanol–water partition coefficient (Wildman–Crippen LogP) is 2.03. The smallest absolute Gasteiger partial charge is 0.128 e. The van der Waals surface area contributed by atoms with Gasteiger partial charge in [0.15, 0.2) is 0 Å². The SMILES string of the molecule is CCCc1nc(CCC)c2c(n1)CNCC2. The van der Waals surface area contributed by atoms with Crippen LogP contribution in [0, 0.1) is 0 Å². The second-order valence-electron chi connectivity index (χ2n) is 4.44. The van der Waals surface area contributed by atoms with Crippen LogP contribution >= 0.6 is 0 Å². The van der Waals surface area contributed by atoms with Gasteiger partial charge < -0.3 is 5.32 Å². The van der Waals surface area contributed by atoms with Gasteiger partial charge in [0, 0.05) is 18.7 Å². The fourth-order valence-electron chi connectivity index (χ4n) is 2.27. The van der Waals surface area contributed by atoms with Gasteiger partial charge in [-0.1, -0.05) is 20.3 Å². The van der Waals surface area contributed by atoms with Crippen molar-refractivity contribution in [2.75, 3.05) is 6.54 Å². The molecule has 3 nitrogen and oxygen atoms in total. The molecule has 1 aliphatic rings. The molecule has 1 aromatic heterocycles. The lowest BCUT2D eigenvalue weighted by Crippen LogP contribution is -2.27. The fraction of sp³-hybridized carbons (Fsp3) is 0.692. The summed E-state index contributed by atoms with van der Waals surface area (Å²) in [5, 5.41) is 3.39. The van der Waals surface area contributed by atoms with E-state index in [1.54, 1.807) is 0 Å². The molecule has 1 aliphatic heterocycles. The molecule has 0 radical (unpaired) electrons. The molecule has 2 heterocycles. The molecule has 0 atom stereocenters. The molecule has 0 bridgehead atoms. The normalized spacial score (nSPS) is 14.9. The van der Waals surface area contributed by atoms with Crippen molar-refractivity contribution in [1.82, 2.24) is 15.3 Å². The van der Waals surface area contributed by atoms with Crippen molar-refractivity contribution in [1.29, 1.82) is 0 Å². The van der Waals surface area contributed by atoms with Gasteiger partial charge in [0.2, 0.25) is 0 Å². The highest BCUT2D eigenvalue weighted by Crippen LogP contribution is 2.17. The van der Waals surface area contributed by atoms with Crippen molar-refractivity contribution in [3.05, 3.63) is 22.8 Å². The molecule has 1 aromatic rings. The summed E-state index contributed by atoms with van der Waals surface area (Å²) in [5.41, 5.74) is 3.96. The standard InChI is InChI=1S/C13H21N3/c1-3-5-11-10-7-8-14-9-12(10)16-13(15-11)6-4-2/h14H,3-9H2,1-2H3. The summed E-state index contributed by atoms with van der Waals surface area (Å²) in [4.78, 5) is 9.40. The number of hydrogen-bond acceptors (Lipinski definition) is 3. The molecule has 0 saturated heterocycles. The molecule has 0 fully saturated rings. The summed E-state index contributed by atoms with van der Waals surface area (Å²) < 4.78 is 0. The monoisotopic (exact) mass is 219 g/mol. The highest BCUT2D eigenvalue weighted by Gasteiger charge is 2.16. The van der Waals surface area contributed by atoms with Crippen LogP contribution in [0.5, 0.6) is 0 Å². The zero-order chi connectivity index (χ0) is 11.4. The summed E-state index contributed by atoms with van der Waals surface area (Å²) in [7, 11) is 0. The number of aryl methyl sites for hydroxylation is 2. The molecule has 16 heavy (non-hydrogen) atoms.